The van der Waals surface area contributed by atoms with Crippen LogP contribution in [0.3, 0.4) is 0 Å². The summed E-state index contributed by atoms with van der Waals surface area (Å²) < 4.78 is 35.7. The smallest absolute Gasteiger partial charge is 0.389 e. The van der Waals surface area contributed by atoms with Crippen molar-refractivity contribution in [2.75, 3.05) is 6.54 Å². The van der Waals surface area contributed by atoms with Gasteiger partial charge in [0.2, 0.25) is 0 Å². The Labute approximate surface area is 92.0 Å². The third-order valence-electron chi connectivity index (χ3n) is 2.19. The SMILES string of the molecule is C#CCNC(C)(CCCC(F)(F)F)C(=O)O. The number of nitrogens with one attached hydrogen (secondary N) is 1. The Bertz CT molecular complexity index is 283. The molecule has 0 heterocycles. The number of carboxylic acid groups (broad SMARTS) is 1. The van der Waals surface area contributed by atoms with E-state index in [2.05, 4.69) is 11.2 Å². The lowest BCUT2D eigenvalue weighted by molar-refractivity contribution is -0.147. The molecule has 0 saturated carbocycles. The van der Waals surface area contributed by atoms with E-state index in [1.165, 1.54) is 6.92 Å². The first kappa shape index (κ1) is 14.8. The number of carbonyl (C=O) groups is 1. The number of aliphatic carboxylic acids is 1. The van der Waals surface area contributed by atoms with Gasteiger partial charge in [-0.3, -0.25) is 10.1 Å². The molecule has 0 radical (unpaired) electrons. The summed E-state index contributed by atoms with van der Waals surface area (Å²) in [5.74, 6) is 0.984. The topological polar surface area (TPSA) is 49.3 Å². The number of hydrogen-bond donors (Lipinski definition) is 2. The highest BCUT2D eigenvalue weighted by Crippen LogP contribution is 2.25. The van der Waals surface area contributed by atoms with Gasteiger partial charge in [0.25, 0.3) is 0 Å². The van der Waals surface area contributed by atoms with E-state index in [1.807, 2.05) is 0 Å². The molecule has 6 heteroatoms. The van der Waals surface area contributed by atoms with Crippen LogP contribution in [0, 0.1) is 12.3 Å². The molecule has 0 aromatic heterocycles. The monoisotopic (exact) mass is 237 g/mol. The lowest BCUT2D eigenvalue weighted by Gasteiger charge is -2.25. The Hall–Kier alpha value is -1.22. The fraction of sp³-hybridized carbons (Fsp3) is 0.700. The first-order valence-corrected chi connectivity index (χ1v) is 4.70. The average Bonchev–Trinajstić information content (AvgIpc) is 2.12. The van der Waals surface area contributed by atoms with Crippen molar-refractivity contribution < 1.29 is 23.1 Å². The Kier molecular flexibility index (Phi) is 5.31. The predicted octanol–water partition coefficient (Wildman–Crippen LogP) is 1.79. The fourth-order valence-electron chi connectivity index (χ4n) is 1.16. The number of alkyl halides is 3. The van der Waals surface area contributed by atoms with Crippen LogP contribution in [0.5, 0.6) is 0 Å². The summed E-state index contributed by atoms with van der Waals surface area (Å²) >= 11 is 0. The second-order valence-electron chi connectivity index (χ2n) is 3.66. The molecule has 16 heavy (non-hydrogen) atoms. The number of carboxylic acids is 1. The summed E-state index contributed by atoms with van der Waals surface area (Å²) in [6.07, 6.45) is -0.670. The van der Waals surface area contributed by atoms with Crippen molar-refractivity contribution in [3.63, 3.8) is 0 Å². The third kappa shape index (κ3) is 5.61. The molecule has 2 N–H and O–H groups in total. The maximum Gasteiger partial charge on any atom is 0.389 e. The summed E-state index contributed by atoms with van der Waals surface area (Å²) in [4.78, 5) is 10.9. The van der Waals surface area contributed by atoms with E-state index >= 15 is 0 Å². The lowest BCUT2D eigenvalue weighted by atomic mass is 9.95. The third-order valence-corrected chi connectivity index (χ3v) is 2.19. The van der Waals surface area contributed by atoms with Gasteiger partial charge in [-0.15, -0.1) is 6.42 Å². The molecule has 0 amide bonds. The summed E-state index contributed by atoms with van der Waals surface area (Å²) in [6.45, 7) is 1.33. The van der Waals surface area contributed by atoms with Crippen molar-refractivity contribution in [1.29, 1.82) is 0 Å². The second-order valence-corrected chi connectivity index (χ2v) is 3.66. The first-order chi connectivity index (χ1) is 7.21. The van der Waals surface area contributed by atoms with E-state index in [4.69, 9.17) is 11.5 Å². The normalized spacial score (nSPS) is 15.2. The van der Waals surface area contributed by atoms with E-state index in [0.717, 1.165) is 0 Å². The Morgan fingerprint density at radius 2 is 2.00 bits per heavy atom. The maximum atomic E-state index is 11.9. The number of hydrogen-bond acceptors (Lipinski definition) is 2. The van der Waals surface area contributed by atoms with Gasteiger partial charge in [0.15, 0.2) is 0 Å². The molecule has 0 saturated heterocycles. The molecule has 0 bridgehead atoms. The lowest BCUT2D eigenvalue weighted by Crippen LogP contribution is -2.49. The van der Waals surface area contributed by atoms with Gasteiger partial charge in [0, 0.05) is 6.42 Å². The zero-order chi connectivity index (χ0) is 12.8. The minimum absolute atomic E-state index is 0.00875. The van der Waals surface area contributed by atoms with Gasteiger partial charge in [0.1, 0.15) is 5.54 Å². The molecule has 0 fully saturated rings. The molecular weight excluding hydrogens is 223 g/mol. The minimum atomic E-state index is -4.26. The standard InChI is InChI=1S/C10H14F3NO2/c1-3-7-14-9(2,8(15)16)5-4-6-10(11,12)13/h1,14H,4-7H2,2H3,(H,15,16). The molecule has 0 rings (SSSR count). The second kappa shape index (κ2) is 5.75. The van der Waals surface area contributed by atoms with Crippen molar-refractivity contribution in [2.45, 2.75) is 37.9 Å². The average molecular weight is 237 g/mol. The summed E-state index contributed by atoms with van der Waals surface area (Å²) in [5.41, 5.74) is -1.41. The number of rotatable bonds is 6. The van der Waals surface area contributed by atoms with Crippen molar-refractivity contribution in [1.82, 2.24) is 5.32 Å². The highest BCUT2D eigenvalue weighted by Gasteiger charge is 2.34. The predicted molar refractivity (Wildman–Crippen MR) is 52.8 cm³/mol. The van der Waals surface area contributed by atoms with Gasteiger partial charge in [0.05, 0.1) is 6.54 Å². The zero-order valence-corrected chi connectivity index (χ0v) is 8.90. The van der Waals surface area contributed by atoms with Crippen molar-refractivity contribution in [3.05, 3.63) is 0 Å². The van der Waals surface area contributed by atoms with Crippen molar-refractivity contribution in [3.8, 4) is 12.3 Å². The minimum Gasteiger partial charge on any atom is -0.480 e. The quantitative estimate of drug-likeness (QED) is 0.692. The Balaban J connectivity index is 4.25. The number of halogens is 3. The van der Waals surface area contributed by atoms with E-state index < -0.39 is 24.1 Å². The molecule has 0 aliphatic heterocycles. The van der Waals surface area contributed by atoms with Crippen LogP contribution in [0.15, 0.2) is 0 Å². The molecule has 92 valence electrons. The Morgan fingerprint density at radius 3 is 2.38 bits per heavy atom. The molecule has 0 aromatic rings. The van der Waals surface area contributed by atoms with Crippen molar-refractivity contribution >= 4 is 5.97 Å². The molecule has 3 nitrogen and oxygen atoms in total. The van der Waals surface area contributed by atoms with Gasteiger partial charge in [-0.1, -0.05) is 5.92 Å². The molecule has 1 atom stereocenters. The number of terminal acetylenes is 1. The summed E-state index contributed by atoms with van der Waals surface area (Å²) in [6, 6.07) is 0. The van der Waals surface area contributed by atoms with Crippen LogP contribution in [0.2, 0.25) is 0 Å². The van der Waals surface area contributed by atoms with Crippen LogP contribution >= 0.6 is 0 Å². The van der Waals surface area contributed by atoms with Gasteiger partial charge in [-0.25, -0.2) is 0 Å². The van der Waals surface area contributed by atoms with E-state index in [-0.39, 0.29) is 19.4 Å². The van der Waals surface area contributed by atoms with E-state index in [0.29, 0.717) is 0 Å². The van der Waals surface area contributed by atoms with Gasteiger partial charge in [-0.2, -0.15) is 13.2 Å². The first-order valence-electron chi connectivity index (χ1n) is 4.70. The van der Waals surface area contributed by atoms with E-state index in [9.17, 15) is 18.0 Å². The van der Waals surface area contributed by atoms with Crippen molar-refractivity contribution in [2.24, 2.45) is 0 Å². The molecule has 0 aromatic carbocycles. The molecule has 0 spiro atoms. The molecule has 0 aliphatic carbocycles. The van der Waals surface area contributed by atoms with Crippen LogP contribution in [0.4, 0.5) is 13.2 Å². The summed E-state index contributed by atoms with van der Waals surface area (Å²) in [5, 5.41) is 11.4. The molecule has 0 aliphatic rings. The van der Waals surface area contributed by atoms with Crippen LogP contribution in [-0.4, -0.2) is 29.3 Å². The van der Waals surface area contributed by atoms with Gasteiger partial charge in [-0.05, 0) is 19.8 Å². The maximum absolute atomic E-state index is 11.9. The van der Waals surface area contributed by atoms with Gasteiger partial charge >= 0.3 is 12.1 Å². The molecular formula is C10H14F3NO2. The highest BCUT2D eigenvalue weighted by molar-refractivity contribution is 5.78. The van der Waals surface area contributed by atoms with Crippen LogP contribution in [0.1, 0.15) is 26.2 Å². The van der Waals surface area contributed by atoms with Gasteiger partial charge < -0.3 is 5.11 Å². The van der Waals surface area contributed by atoms with E-state index in [1.54, 1.807) is 0 Å². The van der Waals surface area contributed by atoms with Crippen LogP contribution in [0.25, 0.3) is 0 Å². The fourth-order valence-corrected chi connectivity index (χ4v) is 1.16. The zero-order valence-electron chi connectivity index (χ0n) is 8.90. The largest absolute Gasteiger partial charge is 0.480 e. The highest BCUT2D eigenvalue weighted by atomic mass is 19.4. The Morgan fingerprint density at radius 1 is 1.44 bits per heavy atom. The molecule has 1 unspecified atom stereocenters. The van der Waals surface area contributed by atoms with Crippen LogP contribution in [-0.2, 0) is 4.79 Å². The summed E-state index contributed by atoms with van der Waals surface area (Å²) in [7, 11) is 0. The van der Waals surface area contributed by atoms with Crippen LogP contribution < -0.4 is 5.32 Å².